The van der Waals surface area contributed by atoms with E-state index in [-0.39, 0.29) is 34.3 Å². The maximum Gasteiger partial charge on any atom is 0.363 e. The first kappa shape index (κ1) is 26.9. The van der Waals surface area contributed by atoms with Crippen molar-refractivity contribution in [2.45, 2.75) is 39.7 Å². The van der Waals surface area contributed by atoms with Gasteiger partial charge in [-0.2, -0.15) is 0 Å². The summed E-state index contributed by atoms with van der Waals surface area (Å²) < 4.78 is 17.0. The van der Waals surface area contributed by atoms with Gasteiger partial charge in [-0.25, -0.2) is 9.79 Å². The topological polar surface area (TPSA) is 100 Å². The molecule has 3 aromatic rings. The summed E-state index contributed by atoms with van der Waals surface area (Å²) in [6.45, 7) is 8.60. The monoisotopic (exact) mass is 534 g/mol. The number of benzene rings is 3. The second-order valence-corrected chi connectivity index (χ2v) is 10.0. The normalized spacial score (nSPS) is 14.3. The van der Waals surface area contributed by atoms with Gasteiger partial charge in [0, 0.05) is 17.7 Å². The second-order valence-electron chi connectivity index (χ2n) is 9.64. The molecule has 0 atom stereocenters. The van der Waals surface area contributed by atoms with E-state index in [2.05, 4.69) is 25.8 Å². The molecule has 0 saturated heterocycles. The highest BCUT2D eigenvalue weighted by Gasteiger charge is 2.25. The van der Waals surface area contributed by atoms with Gasteiger partial charge in [0.15, 0.2) is 17.2 Å². The van der Waals surface area contributed by atoms with Gasteiger partial charge in [0.2, 0.25) is 5.90 Å². The molecule has 8 nitrogen and oxygen atoms in total. The molecule has 9 heteroatoms. The van der Waals surface area contributed by atoms with Gasteiger partial charge in [-0.1, -0.05) is 56.6 Å². The van der Waals surface area contributed by atoms with Crippen LogP contribution in [-0.2, 0) is 21.6 Å². The number of carbonyl (C=O) groups excluding carboxylic acids is 1. The fourth-order valence-corrected chi connectivity index (χ4v) is 4.07. The van der Waals surface area contributed by atoms with E-state index in [1.165, 1.54) is 12.1 Å². The summed E-state index contributed by atoms with van der Waals surface area (Å²) in [7, 11) is 0. The third kappa shape index (κ3) is 6.20. The van der Waals surface area contributed by atoms with Gasteiger partial charge in [0.1, 0.15) is 6.61 Å². The first-order valence-electron chi connectivity index (χ1n) is 12.0. The molecular formula is C29H27ClN2O6. The molecule has 0 radical (unpaired) electrons. The molecule has 0 unspecified atom stereocenters. The van der Waals surface area contributed by atoms with Crippen molar-refractivity contribution in [2.24, 2.45) is 4.99 Å². The van der Waals surface area contributed by atoms with Crippen LogP contribution in [0, 0.1) is 10.1 Å². The van der Waals surface area contributed by atoms with Crippen molar-refractivity contribution in [1.29, 1.82) is 0 Å². The summed E-state index contributed by atoms with van der Waals surface area (Å²) in [5, 5.41) is 11.3. The first-order chi connectivity index (χ1) is 18.0. The van der Waals surface area contributed by atoms with E-state index in [9.17, 15) is 14.9 Å². The number of cyclic esters (lactones) is 1. The van der Waals surface area contributed by atoms with Gasteiger partial charge in [0.05, 0.1) is 16.6 Å². The van der Waals surface area contributed by atoms with E-state index in [0.717, 1.165) is 5.56 Å². The quantitative estimate of drug-likeness (QED) is 0.135. The van der Waals surface area contributed by atoms with Crippen LogP contribution in [0.1, 0.15) is 49.9 Å². The van der Waals surface area contributed by atoms with E-state index >= 15 is 0 Å². The third-order valence-corrected chi connectivity index (χ3v) is 6.04. The summed E-state index contributed by atoms with van der Waals surface area (Å²) >= 11 is 6.52. The molecule has 0 spiro atoms. The summed E-state index contributed by atoms with van der Waals surface area (Å²) in [6.07, 6.45) is 1.57. The Kier molecular flexibility index (Phi) is 7.83. The molecule has 3 aromatic carbocycles. The predicted molar refractivity (Wildman–Crippen MR) is 146 cm³/mol. The zero-order valence-electron chi connectivity index (χ0n) is 21.5. The number of carbonyl (C=O) groups is 1. The van der Waals surface area contributed by atoms with Crippen molar-refractivity contribution in [3.05, 3.63) is 104 Å². The Bertz CT molecular complexity index is 1440. The number of halogens is 1. The number of ether oxygens (including phenoxy) is 3. The fraction of sp³-hybridized carbons (Fsp3) is 0.241. The van der Waals surface area contributed by atoms with Crippen molar-refractivity contribution in [3.8, 4) is 11.5 Å². The number of nitro groups is 1. The van der Waals surface area contributed by atoms with Gasteiger partial charge in [-0.15, -0.1) is 0 Å². The van der Waals surface area contributed by atoms with E-state index in [0.29, 0.717) is 34.8 Å². The number of esters is 1. The highest BCUT2D eigenvalue weighted by Crippen LogP contribution is 2.38. The lowest BCUT2D eigenvalue weighted by Crippen LogP contribution is -2.11. The Morgan fingerprint density at radius 3 is 2.47 bits per heavy atom. The van der Waals surface area contributed by atoms with Crippen LogP contribution in [0.3, 0.4) is 0 Å². The largest absolute Gasteiger partial charge is 0.490 e. The molecule has 4 rings (SSSR count). The molecule has 1 aliphatic heterocycles. The Morgan fingerprint density at radius 1 is 1.08 bits per heavy atom. The van der Waals surface area contributed by atoms with Gasteiger partial charge >= 0.3 is 5.97 Å². The first-order valence-corrected chi connectivity index (χ1v) is 12.4. The molecule has 0 fully saturated rings. The highest BCUT2D eigenvalue weighted by atomic mass is 35.5. The number of hydrogen-bond donors (Lipinski definition) is 0. The second kappa shape index (κ2) is 11.1. The Labute approximate surface area is 225 Å². The minimum Gasteiger partial charge on any atom is -0.490 e. The summed E-state index contributed by atoms with van der Waals surface area (Å²) in [6, 6.07) is 17.2. The number of nitro benzene ring substituents is 1. The molecule has 0 bridgehead atoms. The van der Waals surface area contributed by atoms with Crippen LogP contribution >= 0.6 is 11.6 Å². The van der Waals surface area contributed by atoms with Crippen LogP contribution < -0.4 is 9.47 Å². The Hall–Kier alpha value is -4.17. The lowest BCUT2D eigenvalue weighted by Gasteiger charge is -2.18. The van der Waals surface area contributed by atoms with Gasteiger partial charge in [-0.05, 0) is 59.4 Å². The van der Waals surface area contributed by atoms with Crippen molar-refractivity contribution in [1.82, 2.24) is 0 Å². The highest BCUT2D eigenvalue weighted by molar-refractivity contribution is 6.32. The minimum absolute atomic E-state index is 0.00419. The number of rotatable bonds is 8. The maximum atomic E-state index is 12.5. The average molecular weight is 535 g/mol. The minimum atomic E-state index is -0.569. The zero-order chi connectivity index (χ0) is 27.4. The van der Waals surface area contributed by atoms with Crippen molar-refractivity contribution in [2.75, 3.05) is 6.61 Å². The molecule has 0 amide bonds. The molecule has 1 heterocycles. The number of aliphatic imine (C=N–C) groups is 1. The number of non-ortho nitro benzene ring substituents is 1. The van der Waals surface area contributed by atoms with Gasteiger partial charge < -0.3 is 14.2 Å². The fourth-order valence-electron chi connectivity index (χ4n) is 3.79. The predicted octanol–water partition coefficient (Wildman–Crippen LogP) is 6.87. The molecule has 0 aromatic heterocycles. The third-order valence-electron chi connectivity index (χ3n) is 5.76. The van der Waals surface area contributed by atoms with E-state index in [1.807, 2.05) is 31.2 Å². The standard InChI is InChI=1S/C29H27ClN2O6/c1-5-36-25-16-19(14-23(30)26(25)37-17-18-7-6-8-22(13-18)32(34)35)15-24-28(33)38-27(31-24)20-9-11-21(12-10-20)29(2,3)4/h6-16H,5,17H2,1-4H3. The lowest BCUT2D eigenvalue weighted by atomic mass is 9.87. The molecule has 0 saturated carbocycles. The van der Waals surface area contributed by atoms with Crippen LogP contribution in [0.4, 0.5) is 5.69 Å². The van der Waals surface area contributed by atoms with Crippen LogP contribution in [0.2, 0.25) is 5.02 Å². The molecule has 196 valence electrons. The van der Waals surface area contributed by atoms with Crippen molar-refractivity contribution in [3.63, 3.8) is 0 Å². The number of hydrogen-bond acceptors (Lipinski definition) is 7. The SMILES string of the molecule is CCOc1cc(C=C2N=C(c3ccc(C(C)(C)C)cc3)OC2=O)cc(Cl)c1OCc1cccc([N+](=O)[O-])c1. The molecule has 1 aliphatic rings. The van der Waals surface area contributed by atoms with E-state index in [1.54, 1.807) is 30.3 Å². The van der Waals surface area contributed by atoms with Crippen LogP contribution in [0.25, 0.3) is 6.08 Å². The van der Waals surface area contributed by atoms with E-state index < -0.39 is 10.9 Å². The van der Waals surface area contributed by atoms with E-state index in [4.69, 9.17) is 25.8 Å². The summed E-state index contributed by atoms with van der Waals surface area (Å²) in [5.41, 5.74) is 3.14. The van der Waals surface area contributed by atoms with Crippen LogP contribution in [0.5, 0.6) is 11.5 Å². The van der Waals surface area contributed by atoms with Gasteiger partial charge in [0.25, 0.3) is 5.69 Å². The van der Waals surface area contributed by atoms with Gasteiger partial charge in [-0.3, -0.25) is 10.1 Å². The van der Waals surface area contributed by atoms with Crippen molar-refractivity contribution >= 4 is 35.2 Å². The Balaban J connectivity index is 1.58. The average Bonchev–Trinajstić information content (AvgIpc) is 3.23. The van der Waals surface area contributed by atoms with Crippen LogP contribution in [0.15, 0.2) is 71.4 Å². The molecule has 0 aliphatic carbocycles. The maximum absolute atomic E-state index is 12.5. The molecule has 0 N–H and O–H groups in total. The van der Waals surface area contributed by atoms with Crippen LogP contribution in [-0.4, -0.2) is 23.4 Å². The smallest absolute Gasteiger partial charge is 0.363 e. The lowest BCUT2D eigenvalue weighted by molar-refractivity contribution is -0.384. The summed E-state index contributed by atoms with van der Waals surface area (Å²) in [5.74, 6) is 0.319. The summed E-state index contributed by atoms with van der Waals surface area (Å²) in [4.78, 5) is 27.5. The Morgan fingerprint density at radius 2 is 1.82 bits per heavy atom. The number of nitrogens with zero attached hydrogens (tertiary/aromatic N) is 2. The van der Waals surface area contributed by atoms with Crippen molar-refractivity contribution < 1.29 is 23.9 Å². The zero-order valence-corrected chi connectivity index (χ0v) is 22.2. The molecular weight excluding hydrogens is 508 g/mol. The molecule has 38 heavy (non-hydrogen) atoms.